The Morgan fingerprint density at radius 3 is 2.76 bits per heavy atom. The van der Waals surface area contributed by atoms with Crippen molar-refractivity contribution in [1.82, 2.24) is 0 Å². The molecule has 1 aromatic heterocycles. The van der Waals surface area contributed by atoms with Gasteiger partial charge in [-0.2, -0.15) is 0 Å². The predicted molar refractivity (Wildman–Crippen MR) is 115 cm³/mol. The second-order valence-electron chi connectivity index (χ2n) is 7.11. The summed E-state index contributed by atoms with van der Waals surface area (Å²) in [6.07, 6.45) is 6.12. The zero-order valence-electron chi connectivity index (χ0n) is 16.2. The van der Waals surface area contributed by atoms with Gasteiger partial charge in [0.1, 0.15) is 0 Å². The average molecular weight is 388 g/mol. The van der Waals surface area contributed by atoms with E-state index in [9.17, 15) is 4.79 Å². The Balaban J connectivity index is 1.41. The molecule has 1 aliphatic rings. The molecule has 0 spiro atoms. The number of hydrogen-bond acceptors (Lipinski definition) is 3. The number of anilines is 2. The van der Waals surface area contributed by atoms with Crippen molar-refractivity contribution in [3.63, 3.8) is 0 Å². The second-order valence-corrected chi connectivity index (χ2v) is 7.11. The molecule has 148 valence electrons. The molecule has 0 radical (unpaired) electrons. The van der Waals surface area contributed by atoms with Crippen LogP contribution in [0.4, 0.5) is 11.4 Å². The monoisotopic (exact) mass is 388 g/mol. The molecule has 2 aromatic carbocycles. The van der Waals surface area contributed by atoms with Crippen LogP contribution in [-0.4, -0.2) is 11.9 Å². The largest absolute Gasteiger partial charge is 0.459 e. The summed E-state index contributed by atoms with van der Waals surface area (Å²) in [5.74, 6) is 0.368. The molecule has 29 heavy (non-hydrogen) atoms. The van der Waals surface area contributed by atoms with Crippen LogP contribution >= 0.6 is 0 Å². The normalized spacial score (nSPS) is 13.6. The molecule has 6 nitrogen and oxygen atoms in total. The van der Waals surface area contributed by atoms with Gasteiger partial charge in [-0.15, -0.1) is 0 Å². The topological polar surface area (TPSA) is 92.6 Å². The van der Waals surface area contributed by atoms with Crippen molar-refractivity contribution in [3.05, 3.63) is 83.3 Å². The molecule has 1 amide bonds. The van der Waals surface area contributed by atoms with Crippen LogP contribution < -0.4 is 16.4 Å². The summed E-state index contributed by atoms with van der Waals surface area (Å²) in [5, 5.41) is 6.07. The van der Waals surface area contributed by atoms with Crippen LogP contribution in [-0.2, 0) is 19.4 Å². The third-order valence-corrected chi connectivity index (χ3v) is 5.02. The lowest BCUT2D eigenvalue weighted by atomic mass is 9.90. The molecule has 3 aromatic rings. The van der Waals surface area contributed by atoms with E-state index in [0.29, 0.717) is 18.2 Å². The molecule has 0 saturated heterocycles. The lowest BCUT2D eigenvalue weighted by Crippen LogP contribution is -2.24. The molecule has 0 bridgehead atoms. The summed E-state index contributed by atoms with van der Waals surface area (Å²) in [7, 11) is 0. The van der Waals surface area contributed by atoms with E-state index in [1.54, 1.807) is 12.1 Å². The van der Waals surface area contributed by atoms with Crippen LogP contribution in [0.15, 0.2) is 70.3 Å². The number of carbonyl (C=O) groups excluding carboxylic acids is 1. The number of guanidine groups is 1. The zero-order chi connectivity index (χ0) is 20.1. The van der Waals surface area contributed by atoms with Crippen molar-refractivity contribution in [2.24, 2.45) is 10.7 Å². The summed E-state index contributed by atoms with van der Waals surface area (Å²) in [4.78, 5) is 16.6. The Morgan fingerprint density at radius 2 is 1.90 bits per heavy atom. The number of nitrogens with zero attached hydrogens (tertiary/aromatic N) is 1. The number of furan rings is 1. The fourth-order valence-corrected chi connectivity index (χ4v) is 3.60. The van der Waals surface area contributed by atoms with E-state index in [1.807, 2.05) is 24.3 Å². The maximum Gasteiger partial charge on any atom is 0.291 e. The highest BCUT2D eigenvalue weighted by Gasteiger charge is 2.13. The van der Waals surface area contributed by atoms with E-state index >= 15 is 0 Å². The average Bonchev–Trinajstić information content (AvgIpc) is 3.28. The minimum absolute atomic E-state index is 0.271. The molecule has 1 heterocycles. The number of rotatable bonds is 5. The van der Waals surface area contributed by atoms with Crippen LogP contribution in [0.3, 0.4) is 0 Å². The highest BCUT2D eigenvalue weighted by Crippen LogP contribution is 2.27. The van der Waals surface area contributed by atoms with Crippen LogP contribution in [0, 0.1) is 0 Å². The number of nitrogens with two attached hydrogens (primary N) is 1. The molecule has 0 fully saturated rings. The maximum atomic E-state index is 12.1. The SMILES string of the molecule is NC(=NCc1cccc(NC(=O)c2ccco2)c1)Nc1cccc2c1CCCC2. The number of amides is 1. The Hall–Kier alpha value is -3.54. The molecule has 0 unspecified atom stereocenters. The van der Waals surface area contributed by atoms with Gasteiger partial charge < -0.3 is 20.8 Å². The molecular weight excluding hydrogens is 364 g/mol. The van der Waals surface area contributed by atoms with E-state index in [-0.39, 0.29) is 11.7 Å². The third kappa shape index (κ3) is 4.66. The van der Waals surface area contributed by atoms with Crippen molar-refractivity contribution in [3.8, 4) is 0 Å². The van der Waals surface area contributed by atoms with Crippen molar-refractivity contribution >= 4 is 23.2 Å². The first kappa shape index (κ1) is 18.8. The number of carbonyl (C=O) groups is 1. The number of aliphatic imine (C=N–C) groups is 1. The lowest BCUT2D eigenvalue weighted by Gasteiger charge is -2.19. The quantitative estimate of drug-likeness (QED) is 0.448. The van der Waals surface area contributed by atoms with Crippen molar-refractivity contribution < 1.29 is 9.21 Å². The van der Waals surface area contributed by atoms with Crippen molar-refractivity contribution in [1.29, 1.82) is 0 Å². The fourth-order valence-electron chi connectivity index (χ4n) is 3.60. The molecule has 6 heteroatoms. The first-order valence-electron chi connectivity index (χ1n) is 9.80. The van der Waals surface area contributed by atoms with E-state index in [0.717, 1.165) is 24.1 Å². The molecule has 4 rings (SSSR count). The fraction of sp³-hybridized carbons (Fsp3) is 0.217. The van der Waals surface area contributed by atoms with Gasteiger partial charge in [-0.1, -0.05) is 24.3 Å². The minimum Gasteiger partial charge on any atom is -0.459 e. The summed E-state index contributed by atoms with van der Waals surface area (Å²) in [6, 6.07) is 17.1. The van der Waals surface area contributed by atoms with E-state index < -0.39 is 0 Å². The number of nitrogens with one attached hydrogen (secondary N) is 2. The number of hydrogen-bond donors (Lipinski definition) is 3. The van der Waals surface area contributed by atoms with E-state index in [4.69, 9.17) is 10.2 Å². The van der Waals surface area contributed by atoms with Gasteiger partial charge in [0, 0.05) is 11.4 Å². The molecular formula is C23H24N4O2. The summed E-state index contributed by atoms with van der Waals surface area (Å²) in [5.41, 5.74) is 11.5. The number of benzene rings is 2. The van der Waals surface area contributed by atoms with Gasteiger partial charge in [0.25, 0.3) is 5.91 Å². The number of fused-ring (bicyclic) bond motifs is 1. The van der Waals surface area contributed by atoms with Gasteiger partial charge in [-0.3, -0.25) is 4.79 Å². The Labute approximate surface area is 169 Å². The summed E-state index contributed by atoms with van der Waals surface area (Å²) >= 11 is 0. The second kappa shape index (κ2) is 8.65. The van der Waals surface area contributed by atoms with Gasteiger partial charge >= 0.3 is 0 Å². The Morgan fingerprint density at radius 1 is 1.03 bits per heavy atom. The molecule has 1 aliphatic carbocycles. The molecule has 4 N–H and O–H groups in total. The van der Waals surface area contributed by atoms with Gasteiger partial charge in [0.2, 0.25) is 0 Å². The van der Waals surface area contributed by atoms with Crippen LogP contribution in [0.25, 0.3) is 0 Å². The highest BCUT2D eigenvalue weighted by molar-refractivity contribution is 6.02. The van der Waals surface area contributed by atoms with Gasteiger partial charge in [-0.05, 0) is 72.7 Å². The molecule has 0 atom stereocenters. The van der Waals surface area contributed by atoms with Crippen molar-refractivity contribution in [2.75, 3.05) is 10.6 Å². The minimum atomic E-state index is -0.286. The van der Waals surface area contributed by atoms with E-state index in [2.05, 4.69) is 33.8 Å². The third-order valence-electron chi connectivity index (χ3n) is 5.02. The summed E-state index contributed by atoms with van der Waals surface area (Å²) in [6.45, 7) is 0.415. The smallest absolute Gasteiger partial charge is 0.291 e. The standard InChI is InChI=1S/C23H24N4O2/c24-23(27-20-11-4-8-17-7-1-2-10-19(17)20)25-15-16-6-3-9-18(14-16)26-22(28)21-12-5-13-29-21/h3-6,8-9,11-14H,1-2,7,10,15H2,(H,26,28)(H3,24,25,27). The zero-order valence-corrected chi connectivity index (χ0v) is 16.2. The van der Waals surface area contributed by atoms with Crippen molar-refractivity contribution in [2.45, 2.75) is 32.2 Å². The number of aryl methyl sites for hydroxylation is 1. The van der Waals surface area contributed by atoms with E-state index in [1.165, 1.54) is 30.2 Å². The van der Waals surface area contributed by atoms with Gasteiger partial charge in [0.05, 0.1) is 12.8 Å². The Bertz CT molecular complexity index is 1030. The van der Waals surface area contributed by atoms with Crippen LogP contribution in [0.2, 0.25) is 0 Å². The van der Waals surface area contributed by atoms with Crippen LogP contribution in [0.1, 0.15) is 40.1 Å². The molecule has 0 aliphatic heterocycles. The Kier molecular flexibility index (Phi) is 5.61. The maximum absolute atomic E-state index is 12.1. The van der Waals surface area contributed by atoms with Gasteiger partial charge in [-0.25, -0.2) is 4.99 Å². The predicted octanol–water partition coefficient (Wildman–Crippen LogP) is 4.34. The molecule has 0 saturated carbocycles. The van der Waals surface area contributed by atoms with Crippen LogP contribution in [0.5, 0.6) is 0 Å². The first-order chi connectivity index (χ1) is 14.2. The van der Waals surface area contributed by atoms with Gasteiger partial charge in [0.15, 0.2) is 11.7 Å². The summed E-state index contributed by atoms with van der Waals surface area (Å²) < 4.78 is 5.11. The first-order valence-corrected chi connectivity index (χ1v) is 9.80. The lowest BCUT2D eigenvalue weighted by molar-refractivity contribution is 0.0996. The highest BCUT2D eigenvalue weighted by atomic mass is 16.3.